The van der Waals surface area contributed by atoms with Crippen molar-refractivity contribution >= 4 is 9.84 Å². The summed E-state index contributed by atoms with van der Waals surface area (Å²) in [4.78, 5) is 1.63. The van der Waals surface area contributed by atoms with E-state index in [-0.39, 0.29) is 11.4 Å². The van der Waals surface area contributed by atoms with Crippen LogP contribution in [0.5, 0.6) is 0 Å². The number of sulfone groups is 1. The molecule has 28 heavy (non-hydrogen) atoms. The highest BCUT2D eigenvalue weighted by Crippen LogP contribution is 2.16. The maximum atomic E-state index is 11.6. The van der Waals surface area contributed by atoms with Crippen LogP contribution >= 0.6 is 0 Å². The molecule has 0 unspecified atom stereocenters. The normalized spacial score (nSPS) is 11.6. The lowest BCUT2D eigenvalue weighted by molar-refractivity contribution is 0.545. The Labute approximate surface area is 160 Å². The van der Waals surface area contributed by atoms with Gasteiger partial charge in [0.25, 0.3) is 0 Å². The van der Waals surface area contributed by atoms with Gasteiger partial charge in [0, 0.05) is 11.8 Å². The summed E-state index contributed by atoms with van der Waals surface area (Å²) < 4.78 is 24.7. The zero-order chi connectivity index (χ0) is 19.7. The number of hydrogen-bond donors (Lipinski definition) is 0. The van der Waals surface area contributed by atoms with Crippen LogP contribution in [0.25, 0.3) is 17.1 Å². The van der Waals surface area contributed by atoms with Gasteiger partial charge in [-0.2, -0.15) is 9.48 Å². The monoisotopic (exact) mass is 396 g/mol. The Kier molecular flexibility index (Phi) is 4.43. The first-order chi connectivity index (χ1) is 13.4. The minimum atomic E-state index is -3.27. The van der Waals surface area contributed by atoms with Gasteiger partial charge < -0.3 is 0 Å². The first-order valence-corrected chi connectivity index (χ1v) is 10.2. The predicted octanol–water partition coefficient (Wildman–Crippen LogP) is 1.08. The third-order valence-electron chi connectivity index (χ3n) is 4.09. The zero-order valence-electron chi connectivity index (χ0n) is 15.1. The third kappa shape index (κ3) is 3.64. The van der Waals surface area contributed by atoms with E-state index in [0.717, 1.165) is 17.4 Å². The highest BCUT2D eigenvalue weighted by molar-refractivity contribution is 7.90. The van der Waals surface area contributed by atoms with Crippen LogP contribution in [0.1, 0.15) is 11.4 Å². The molecular formula is C17H16N8O2S. The molecule has 0 spiro atoms. The van der Waals surface area contributed by atoms with E-state index in [1.165, 1.54) is 21.6 Å². The Balaban J connectivity index is 1.58. The van der Waals surface area contributed by atoms with Crippen molar-refractivity contribution in [3.05, 3.63) is 59.9 Å². The zero-order valence-corrected chi connectivity index (χ0v) is 15.9. The van der Waals surface area contributed by atoms with Crippen molar-refractivity contribution in [1.82, 2.24) is 40.4 Å². The van der Waals surface area contributed by atoms with Gasteiger partial charge in [-0.05, 0) is 46.8 Å². The molecule has 0 bridgehead atoms. The van der Waals surface area contributed by atoms with Crippen LogP contribution in [0.2, 0.25) is 0 Å². The Bertz CT molecular complexity index is 1210. The molecule has 0 amide bonds. The number of aryl methyl sites for hydroxylation is 1. The van der Waals surface area contributed by atoms with E-state index in [1.807, 2.05) is 31.2 Å². The minimum absolute atomic E-state index is 0.208. The third-order valence-corrected chi connectivity index (χ3v) is 5.22. The quantitative estimate of drug-likeness (QED) is 0.491. The number of aromatic nitrogens is 8. The standard InChI is InChI=1S/C17H16N8O2S/c1-12-3-5-13(6-4-12)17-19-22-24(20-17)11-16-18-21-23-25(16)14-7-9-15(10-8-14)28(2,26)27/h3-10H,11H2,1-2H3. The lowest BCUT2D eigenvalue weighted by Gasteiger charge is -2.05. The second kappa shape index (κ2) is 6.93. The fraction of sp³-hybridized carbons (Fsp3) is 0.176. The SMILES string of the molecule is Cc1ccc(-c2nnn(Cc3nnnn3-c3ccc(S(C)(=O)=O)cc3)n2)cc1. The van der Waals surface area contributed by atoms with E-state index in [2.05, 4.69) is 30.9 Å². The van der Waals surface area contributed by atoms with E-state index in [9.17, 15) is 8.42 Å². The van der Waals surface area contributed by atoms with Crippen LogP contribution in [-0.2, 0) is 16.4 Å². The van der Waals surface area contributed by atoms with Crippen molar-refractivity contribution in [3.63, 3.8) is 0 Å². The summed E-state index contributed by atoms with van der Waals surface area (Å²) in [6.45, 7) is 2.22. The second-order valence-electron chi connectivity index (χ2n) is 6.28. The Morgan fingerprint density at radius 1 is 0.929 bits per heavy atom. The molecule has 142 valence electrons. The van der Waals surface area contributed by atoms with E-state index in [1.54, 1.807) is 12.1 Å². The van der Waals surface area contributed by atoms with Gasteiger partial charge in [-0.1, -0.05) is 29.8 Å². The molecule has 10 nitrogen and oxygen atoms in total. The van der Waals surface area contributed by atoms with Gasteiger partial charge >= 0.3 is 0 Å². The fourth-order valence-corrected chi connectivity index (χ4v) is 3.22. The Morgan fingerprint density at radius 3 is 2.32 bits per heavy atom. The first kappa shape index (κ1) is 17.9. The van der Waals surface area contributed by atoms with Gasteiger partial charge in [-0.15, -0.1) is 15.3 Å². The lowest BCUT2D eigenvalue weighted by Crippen LogP contribution is -2.11. The molecule has 11 heteroatoms. The van der Waals surface area contributed by atoms with Gasteiger partial charge in [0.05, 0.1) is 10.6 Å². The summed E-state index contributed by atoms with van der Waals surface area (Å²) >= 11 is 0. The smallest absolute Gasteiger partial charge is 0.204 e. The van der Waals surface area contributed by atoms with Crippen molar-refractivity contribution in [2.75, 3.05) is 6.26 Å². The molecular weight excluding hydrogens is 380 g/mol. The van der Waals surface area contributed by atoms with Crippen LogP contribution in [-0.4, -0.2) is 55.1 Å². The van der Waals surface area contributed by atoms with Gasteiger partial charge in [0.2, 0.25) is 5.82 Å². The van der Waals surface area contributed by atoms with Crippen LogP contribution < -0.4 is 0 Å². The molecule has 0 radical (unpaired) electrons. The Hall–Kier alpha value is -3.47. The maximum absolute atomic E-state index is 11.6. The molecule has 0 fully saturated rings. The average molecular weight is 396 g/mol. The summed E-state index contributed by atoms with van der Waals surface area (Å²) in [5, 5.41) is 24.2. The molecule has 0 aliphatic rings. The van der Waals surface area contributed by atoms with E-state index < -0.39 is 9.84 Å². The van der Waals surface area contributed by atoms with E-state index >= 15 is 0 Å². The lowest BCUT2D eigenvalue weighted by atomic mass is 10.1. The molecule has 0 aliphatic carbocycles. The largest absolute Gasteiger partial charge is 0.224 e. The van der Waals surface area contributed by atoms with Crippen LogP contribution in [0, 0.1) is 6.92 Å². The highest BCUT2D eigenvalue weighted by atomic mass is 32.2. The molecule has 4 rings (SSSR count). The van der Waals surface area contributed by atoms with Gasteiger partial charge in [0.1, 0.15) is 6.54 Å². The molecule has 2 heterocycles. The van der Waals surface area contributed by atoms with E-state index in [0.29, 0.717) is 17.3 Å². The molecule has 0 N–H and O–H groups in total. The van der Waals surface area contributed by atoms with E-state index in [4.69, 9.17) is 0 Å². The molecule has 0 saturated heterocycles. The molecule has 0 aliphatic heterocycles. The maximum Gasteiger partial charge on any atom is 0.204 e. The number of tetrazole rings is 2. The van der Waals surface area contributed by atoms with Crippen molar-refractivity contribution in [1.29, 1.82) is 0 Å². The molecule has 2 aromatic carbocycles. The fourth-order valence-electron chi connectivity index (χ4n) is 2.59. The predicted molar refractivity (Wildman–Crippen MR) is 99.4 cm³/mol. The van der Waals surface area contributed by atoms with Crippen molar-refractivity contribution in [2.45, 2.75) is 18.4 Å². The first-order valence-electron chi connectivity index (χ1n) is 8.33. The van der Waals surface area contributed by atoms with Crippen molar-refractivity contribution < 1.29 is 8.42 Å². The minimum Gasteiger partial charge on any atom is -0.224 e. The highest BCUT2D eigenvalue weighted by Gasteiger charge is 2.13. The van der Waals surface area contributed by atoms with Crippen molar-refractivity contribution in [3.8, 4) is 17.1 Å². The molecule has 4 aromatic rings. The molecule has 0 atom stereocenters. The van der Waals surface area contributed by atoms with Gasteiger partial charge in [0.15, 0.2) is 15.7 Å². The van der Waals surface area contributed by atoms with Gasteiger partial charge in [-0.25, -0.2) is 8.42 Å². The van der Waals surface area contributed by atoms with Gasteiger partial charge in [-0.3, -0.25) is 0 Å². The summed E-state index contributed by atoms with van der Waals surface area (Å²) in [6.07, 6.45) is 1.16. The summed E-state index contributed by atoms with van der Waals surface area (Å²) in [5.41, 5.74) is 2.65. The van der Waals surface area contributed by atoms with Crippen molar-refractivity contribution in [2.24, 2.45) is 0 Å². The van der Waals surface area contributed by atoms with Crippen LogP contribution in [0.15, 0.2) is 53.4 Å². The number of hydrogen-bond acceptors (Lipinski definition) is 8. The summed E-state index contributed by atoms with van der Waals surface area (Å²) in [7, 11) is -3.27. The van der Waals surface area contributed by atoms with Crippen LogP contribution in [0.4, 0.5) is 0 Å². The summed E-state index contributed by atoms with van der Waals surface area (Å²) in [5.74, 6) is 0.997. The topological polar surface area (TPSA) is 121 Å². The summed E-state index contributed by atoms with van der Waals surface area (Å²) in [6, 6.07) is 14.1. The van der Waals surface area contributed by atoms with Crippen LogP contribution in [0.3, 0.4) is 0 Å². The Morgan fingerprint density at radius 2 is 1.64 bits per heavy atom. The number of benzene rings is 2. The number of nitrogens with zero attached hydrogens (tertiary/aromatic N) is 8. The average Bonchev–Trinajstić information content (AvgIpc) is 3.32. The number of rotatable bonds is 5. The second-order valence-corrected chi connectivity index (χ2v) is 8.30. The molecule has 0 saturated carbocycles. The molecule has 2 aromatic heterocycles.